The maximum absolute atomic E-state index is 13.7. The number of urea groups is 1. The normalized spacial score (nSPS) is 16.7. The minimum atomic E-state index is -4.79. The predicted octanol–water partition coefficient (Wildman–Crippen LogP) is 5.32. The molecule has 1 N–H and O–H groups in total. The number of esters is 1. The van der Waals surface area contributed by atoms with Crippen molar-refractivity contribution in [2.24, 2.45) is 0 Å². The Balaban J connectivity index is 2.10. The van der Waals surface area contributed by atoms with Crippen molar-refractivity contribution in [3.63, 3.8) is 0 Å². The number of hydrogen-bond acceptors (Lipinski definition) is 4. The number of likely N-dealkylation sites (N-methyl/N-ethyl adjacent to an activating group) is 1. The number of alkyl halides is 6. The van der Waals surface area contributed by atoms with Gasteiger partial charge >= 0.3 is 24.4 Å². The smallest absolute Gasteiger partial charge is 0.416 e. The van der Waals surface area contributed by atoms with E-state index in [1.807, 2.05) is 0 Å². The summed E-state index contributed by atoms with van der Waals surface area (Å²) in [5, 5.41) is 2.37. The first kappa shape index (κ1) is 25.9. The van der Waals surface area contributed by atoms with Gasteiger partial charge in [0, 0.05) is 7.05 Å². The Hall–Kier alpha value is -3.70. The van der Waals surface area contributed by atoms with Crippen molar-refractivity contribution in [3.05, 3.63) is 76.5 Å². The molecule has 0 spiro atoms. The van der Waals surface area contributed by atoms with Crippen molar-refractivity contribution in [2.45, 2.75) is 25.3 Å². The number of amides is 2. The molecule has 0 fully saturated rings. The molecule has 0 bridgehead atoms. The second kappa shape index (κ2) is 9.88. The molecule has 1 aliphatic heterocycles. The van der Waals surface area contributed by atoms with E-state index < -0.39 is 53.7 Å². The van der Waals surface area contributed by atoms with Crippen LogP contribution < -0.4 is 10.1 Å². The summed E-state index contributed by atoms with van der Waals surface area (Å²) in [4.78, 5) is 26.4. The first-order chi connectivity index (χ1) is 16.3. The lowest BCUT2D eigenvalue weighted by Crippen LogP contribution is -2.48. The third-order valence-corrected chi connectivity index (χ3v) is 5.19. The number of nitrogens with one attached hydrogen (secondary N) is 1. The highest BCUT2D eigenvalue weighted by atomic mass is 19.4. The molecule has 188 valence electrons. The lowest BCUT2D eigenvalue weighted by atomic mass is 9.91. The molecule has 0 unspecified atom stereocenters. The summed E-state index contributed by atoms with van der Waals surface area (Å²) in [6.07, 6.45) is -9.43. The molecule has 12 heteroatoms. The Morgan fingerprint density at radius 1 is 1.03 bits per heavy atom. The van der Waals surface area contributed by atoms with E-state index in [1.54, 1.807) is 0 Å². The number of carbonyl (C=O) groups excluding carboxylic acids is 2. The number of benzene rings is 2. The van der Waals surface area contributed by atoms with Crippen molar-refractivity contribution in [1.29, 1.82) is 0 Å². The fourth-order valence-electron chi connectivity index (χ4n) is 3.54. The van der Waals surface area contributed by atoms with Gasteiger partial charge in [0.25, 0.3) is 0 Å². The van der Waals surface area contributed by atoms with E-state index in [2.05, 4.69) is 5.32 Å². The van der Waals surface area contributed by atoms with Crippen LogP contribution in [0.3, 0.4) is 0 Å². The highest BCUT2D eigenvalue weighted by Gasteiger charge is 2.42. The van der Waals surface area contributed by atoms with Crippen LogP contribution >= 0.6 is 0 Å². The van der Waals surface area contributed by atoms with Crippen LogP contribution in [0.1, 0.15) is 29.7 Å². The van der Waals surface area contributed by atoms with Crippen molar-refractivity contribution < 1.29 is 45.4 Å². The van der Waals surface area contributed by atoms with Gasteiger partial charge < -0.3 is 14.8 Å². The molecule has 1 atom stereocenters. The maximum Gasteiger partial charge on any atom is 0.416 e. The third kappa shape index (κ3) is 5.69. The molecule has 0 aliphatic carbocycles. The van der Waals surface area contributed by atoms with E-state index in [0.29, 0.717) is 0 Å². The number of carbonyl (C=O) groups is 2. The summed E-state index contributed by atoms with van der Waals surface area (Å²) in [6.45, 7) is 0.778. The molecule has 1 heterocycles. The molecular formula is C23H20F6N2O4. The second-order valence-electron chi connectivity index (χ2n) is 7.42. The van der Waals surface area contributed by atoms with Crippen LogP contribution in [0.5, 0.6) is 5.75 Å². The zero-order chi connectivity index (χ0) is 26.0. The fraction of sp³-hybridized carbons (Fsp3) is 0.304. The molecule has 0 saturated carbocycles. The molecule has 2 aromatic carbocycles. The largest absolute Gasteiger partial charge is 0.487 e. The Kier molecular flexibility index (Phi) is 7.32. The molecule has 3 rings (SSSR count). The minimum Gasteiger partial charge on any atom is -0.487 e. The van der Waals surface area contributed by atoms with Crippen LogP contribution in [0, 0.1) is 0 Å². The lowest BCUT2D eigenvalue weighted by Gasteiger charge is -2.35. The zero-order valence-corrected chi connectivity index (χ0v) is 18.5. The van der Waals surface area contributed by atoms with Crippen molar-refractivity contribution in [1.82, 2.24) is 10.2 Å². The number of nitrogens with zero attached hydrogens (tertiary/aromatic N) is 1. The molecular weight excluding hydrogens is 482 g/mol. The molecule has 0 aromatic heterocycles. The van der Waals surface area contributed by atoms with Crippen molar-refractivity contribution in [3.8, 4) is 5.75 Å². The third-order valence-electron chi connectivity index (χ3n) is 5.19. The summed E-state index contributed by atoms with van der Waals surface area (Å²) in [7, 11) is 1.24. The Morgan fingerprint density at radius 3 is 2.34 bits per heavy atom. The quantitative estimate of drug-likeness (QED) is 0.429. The van der Waals surface area contributed by atoms with Crippen LogP contribution in [-0.4, -0.2) is 37.2 Å². The topological polar surface area (TPSA) is 67.9 Å². The second-order valence-corrected chi connectivity index (χ2v) is 7.42. The SMILES string of the molecule is CCOC(=O)C1=C(COc2cccc(C(F)(F)F)c2)N(C)C(=O)N[C@H]1c1ccccc1C(F)(F)F. The van der Waals surface area contributed by atoms with Crippen LogP contribution in [0.15, 0.2) is 59.8 Å². The Morgan fingerprint density at radius 2 is 1.71 bits per heavy atom. The predicted molar refractivity (Wildman–Crippen MR) is 111 cm³/mol. The Labute approximate surface area is 196 Å². The van der Waals surface area contributed by atoms with Gasteiger partial charge in [0.05, 0.1) is 35.0 Å². The van der Waals surface area contributed by atoms with Crippen LogP contribution in [0.25, 0.3) is 0 Å². The van der Waals surface area contributed by atoms with Gasteiger partial charge in [-0.2, -0.15) is 26.3 Å². The van der Waals surface area contributed by atoms with Gasteiger partial charge in [0.1, 0.15) is 12.4 Å². The van der Waals surface area contributed by atoms with Gasteiger partial charge in [0.2, 0.25) is 0 Å². The Bertz CT molecular complexity index is 1140. The van der Waals surface area contributed by atoms with E-state index in [4.69, 9.17) is 9.47 Å². The zero-order valence-electron chi connectivity index (χ0n) is 18.5. The van der Waals surface area contributed by atoms with E-state index >= 15 is 0 Å². The maximum atomic E-state index is 13.7. The number of halogens is 6. The number of rotatable bonds is 6. The molecule has 2 amide bonds. The molecule has 1 aliphatic rings. The van der Waals surface area contributed by atoms with E-state index in [-0.39, 0.29) is 23.6 Å². The van der Waals surface area contributed by atoms with Gasteiger partial charge in [-0.15, -0.1) is 0 Å². The van der Waals surface area contributed by atoms with Crippen LogP contribution in [0.2, 0.25) is 0 Å². The van der Waals surface area contributed by atoms with Gasteiger partial charge in [-0.05, 0) is 36.8 Å². The van der Waals surface area contributed by atoms with Crippen molar-refractivity contribution in [2.75, 3.05) is 20.3 Å². The highest BCUT2D eigenvalue weighted by Crippen LogP contribution is 2.39. The summed E-state index contributed by atoms with van der Waals surface area (Å²) in [5.74, 6) is -1.23. The van der Waals surface area contributed by atoms with E-state index in [0.717, 1.165) is 41.3 Å². The molecule has 35 heavy (non-hydrogen) atoms. The first-order valence-electron chi connectivity index (χ1n) is 10.2. The average molecular weight is 502 g/mol. The summed E-state index contributed by atoms with van der Waals surface area (Å²) < 4.78 is 90.6. The summed E-state index contributed by atoms with van der Waals surface area (Å²) in [6, 6.07) is 5.91. The van der Waals surface area contributed by atoms with E-state index in [9.17, 15) is 35.9 Å². The monoisotopic (exact) mass is 502 g/mol. The molecule has 6 nitrogen and oxygen atoms in total. The minimum absolute atomic E-state index is 0.116. The number of ether oxygens (including phenoxy) is 2. The highest BCUT2D eigenvalue weighted by molar-refractivity contribution is 5.95. The van der Waals surface area contributed by atoms with Crippen LogP contribution in [0.4, 0.5) is 31.1 Å². The van der Waals surface area contributed by atoms with Crippen molar-refractivity contribution >= 4 is 12.0 Å². The molecule has 0 saturated heterocycles. The van der Waals surface area contributed by atoms with Gasteiger partial charge in [-0.1, -0.05) is 24.3 Å². The molecule has 2 aromatic rings. The summed E-state index contributed by atoms with van der Waals surface area (Å²) in [5.41, 5.74) is -2.96. The summed E-state index contributed by atoms with van der Waals surface area (Å²) >= 11 is 0. The average Bonchev–Trinajstić information content (AvgIpc) is 2.79. The van der Waals surface area contributed by atoms with Gasteiger partial charge in [-0.25, -0.2) is 9.59 Å². The van der Waals surface area contributed by atoms with Gasteiger partial charge in [0.15, 0.2) is 0 Å². The lowest BCUT2D eigenvalue weighted by molar-refractivity contribution is -0.141. The number of hydrogen-bond donors (Lipinski definition) is 1. The first-order valence-corrected chi connectivity index (χ1v) is 10.2. The fourth-order valence-corrected chi connectivity index (χ4v) is 3.54. The van der Waals surface area contributed by atoms with E-state index in [1.165, 1.54) is 26.1 Å². The van der Waals surface area contributed by atoms with Gasteiger partial charge in [-0.3, -0.25) is 4.90 Å². The molecule has 0 radical (unpaired) electrons. The van der Waals surface area contributed by atoms with Crippen LogP contribution in [-0.2, 0) is 21.9 Å². The standard InChI is InChI=1S/C23H20F6N2O4/c1-3-34-20(32)18-17(12-35-14-8-6-7-13(11-14)22(24,25)26)31(2)21(33)30-19(18)15-9-4-5-10-16(15)23(27,28)29/h4-11,19H,3,12H2,1-2H3,(H,30,33)/t19-/m0/s1.